The molecule has 0 atom stereocenters. The number of methoxy groups -OCH3 is 1. The molecule has 0 aromatic heterocycles. The van der Waals surface area contributed by atoms with Crippen LogP contribution in [0.25, 0.3) is 0 Å². The zero-order valence-corrected chi connectivity index (χ0v) is 9.69. The van der Waals surface area contributed by atoms with Crippen LogP contribution in [0.15, 0.2) is 0 Å². The lowest BCUT2D eigenvalue weighted by Crippen LogP contribution is -2.42. The van der Waals surface area contributed by atoms with Gasteiger partial charge in [0.05, 0.1) is 12.7 Å². The van der Waals surface area contributed by atoms with Crippen molar-refractivity contribution in [1.29, 1.82) is 0 Å². The van der Waals surface area contributed by atoms with Crippen molar-refractivity contribution in [3.05, 3.63) is 0 Å². The minimum Gasteiger partial charge on any atom is -0.393 e. The molecule has 3 nitrogen and oxygen atoms in total. The first-order valence-corrected chi connectivity index (χ1v) is 6.24. The van der Waals surface area contributed by atoms with E-state index >= 15 is 0 Å². The van der Waals surface area contributed by atoms with Crippen LogP contribution in [0.1, 0.15) is 38.5 Å². The van der Waals surface area contributed by atoms with Crippen LogP contribution in [0, 0.1) is 0 Å². The first-order chi connectivity index (χ1) is 7.31. The molecule has 0 aromatic carbocycles. The van der Waals surface area contributed by atoms with Gasteiger partial charge in [0.25, 0.3) is 0 Å². The van der Waals surface area contributed by atoms with Gasteiger partial charge in [-0.15, -0.1) is 0 Å². The van der Waals surface area contributed by atoms with Gasteiger partial charge in [0.1, 0.15) is 0 Å². The Hall–Kier alpha value is -0.120. The highest BCUT2D eigenvalue weighted by molar-refractivity contribution is 4.90. The Kier molecular flexibility index (Phi) is 4.00. The van der Waals surface area contributed by atoms with Gasteiger partial charge in [-0.3, -0.25) is 4.90 Å². The molecule has 0 amide bonds. The molecule has 2 rings (SSSR count). The summed E-state index contributed by atoms with van der Waals surface area (Å²) < 4.78 is 5.17. The van der Waals surface area contributed by atoms with E-state index in [1.807, 2.05) is 0 Å². The molecule has 2 fully saturated rings. The van der Waals surface area contributed by atoms with Crippen LogP contribution in [0.3, 0.4) is 0 Å². The van der Waals surface area contributed by atoms with Gasteiger partial charge in [-0.05, 0) is 38.5 Å². The summed E-state index contributed by atoms with van der Waals surface area (Å²) in [6, 6.07) is 1.52. The second-order valence-electron chi connectivity index (χ2n) is 4.92. The molecule has 2 aliphatic carbocycles. The van der Waals surface area contributed by atoms with Crippen molar-refractivity contribution in [3.63, 3.8) is 0 Å². The van der Waals surface area contributed by atoms with Gasteiger partial charge >= 0.3 is 0 Å². The quantitative estimate of drug-likeness (QED) is 0.749. The molecule has 0 spiro atoms. The molecular formula is C12H23NO2. The van der Waals surface area contributed by atoms with Crippen LogP contribution in [0.5, 0.6) is 0 Å². The molecule has 88 valence electrons. The van der Waals surface area contributed by atoms with Gasteiger partial charge in [-0.1, -0.05) is 0 Å². The summed E-state index contributed by atoms with van der Waals surface area (Å²) in [5.41, 5.74) is 0. The number of nitrogens with zero attached hydrogens (tertiary/aromatic N) is 1. The maximum Gasteiger partial charge on any atom is 0.0589 e. The average molecular weight is 213 g/mol. The summed E-state index contributed by atoms with van der Waals surface area (Å²) in [6.07, 6.45) is 7.00. The first kappa shape index (κ1) is 11.4. The molecule has 0 aliphatic heterocycles. The summed E-state index contributed by atoms with van der Waals surface area (Å²) in [5, 5.41) is 9.50. The second kappa shape index (κ2) is 5.28. The highest BCUT2D eigenvalue weighted by atomic mass is 16.5. The van der Waals surface area contributed by atoms with Crippen LogP contribution in [-0.4, -0.2) is 48.5 Å². The summed E-state index contributed by atoms with van der Waals surface area (Å²) >= 11 is 0. The normalized spacial score (nSPS) is 32.2. The standard InChI is InChI=1S/C12H23NO2/c1-15-9-8-13(10-2-3-10)11-4-6-12(14)7-5-11/h10-12,14H,2-9H2,1H3. The summed E-state index contributed by atoms with van der Waals surface area (Å²) in [7, 11) is 1.77. The van der Waals surface area contributed by atoms with E-state index in [1.54, 1.807) is 7.11 Å². The van der Waals surface area contributed by atoms with E-state index in [4.69, 9.17) is 4.74 Å². The maximum absolute atomic E-state index is 9.50. The van der Waals surface area contributed by atoms with Gasteiger partial charge in [-0.2, -0.15) is 0 Å². The van der Waals surface area contributed by atoms with Crippen LogP contribution >= 0.6 is 0 Å². The molecule has 0 aromatic rings. The van der Waals surface area contributed by atoms with E-state index in [2.05, 4.69) is 4.90 Å². The van der Waals surface area contributed by atoms with E-state index in [-0.39, 0.29) is 6.10 Å². The second-order valence-corrected chi connectivity index (χ2v) is 4.92. The van der Waals surface area contributed by atoms with E-state index in [0.29, 0.717) is 6.04 Å². The number of rotatable bonds is 5. The zero-order valence-electron chi connectivity index (χ0n) is 9.69. The topological polar surface area (TPSA) is 32.7 Å². The van der Waals surface area contributed by atoms with Crippen molar-refractivity contribution in [2.24, 2.45) is 0 Å². The Morgan fingerprint density at radius 3 is 2.07 bits per heavy atom. The van der Waals surface area contributed by atoms with Crippen molar-refractivity contribution < 1.29 is 9.84 Å². The predicted molar refractivity (Wildman–Crippen MR) is 59.9 cm³/mol. The number of ether oxygens (including phenoxy) is 1. The van der Waals surface area contributed by atoms with Gasteiger partial charge < -0.3 is 9.84 Å². The largest absolute Gasteiger partial charge is 0.393 e. The Balaban J connectivity index is 1.81. The number of aliphatic hydroxyl groups excluding tert-OH is 1. The van der Waals surface area contributed by atoms with Gasteiger partial charge in [-0.25, -0.2) is 0 Å². The zero-order chi connectivity index (χ0) is 10.7. The monoisotopic (exact) mass is 213 g/mol. The molecule has 2 saturated carbocycles. The molecule has 15 heavy (non-hydrogen) atoms. The van der Waals surface area contributed by atoms with E-state index in [0.717, 1.165) is 32.0 Å². The van der Waals surface area contributed by atoms with Crippen molar-refractivity contribution >= 4 is 0 Å². The smallest absolute Gasteiger partial charge is 0.0589 e. The molecular weight excluding hydrogens is 190 g/mol. The van der Waals surface area contributed by atoms with Gasteiger partial charge in [0.15, 0.2) is 0 Å². The van der Waals surface area contributed by atoms with E-state index < -0.39 is 0 Å². The van der Waals surface area contributed by atoms with E-state index in [1.165, 1.54) is 25.7 Å². The Morgan fingerprint density at radius 1 is 1.07 bits per heavy atom. The van der Waals surface area contributed by atoms with Crippen LogP contribution in [-0.2, 0) is 4.74 Å². The predicted octanol–water partition coefficient (Wildman–Crippen LogP) is 1.40. The third-order valence-electron chi connectivity index (χ3n) is 3.70. The van der Waals surface area contributed by atoms with Gasteiger partial charge in [0, 0.05) is 25.7 Å². The Labute approximate surface area is 92.4 Å². The third-order valence-corrected chi connectivity index (χ3v) is 3.70. The lowest BCUT2D eigenvalue weighted by atomic mass is 9.92. The highest BCUT2D eigenvalue weighted by Crippen LogP contribution is 2.33. The maximum atomic E-state index is 9.50. The SMILES string of the molecule is COCCN(C1CCC(O)CC1)C1CC1. The molecule has 2 aliphatic rings. The number of hydrogen-bond donors (Lipinski definition) is 1. The van der Waals surface area contributed by atoms with Crippen molar-refractivity contribution in [2.45, 2.75) is 56.7 Å². The first-order valence-electron chi connectivity index (χ1n) is 6.24. The average Bonchev–Trinajstić information content (AvgIpc) is 3.05. The van der Waals surface area contributed by atoms with Crippen LogP contribution in [0.2, 0.25) is 0 Å². The number of hydrogen-bond acceptors (Lipinski definition) is 3. The summed E-state index contributed by atoms with van der Waals surface area (Å²) in [6.45, 7) is 1.91. The molecule has 0 unspecified atom stereocenters. The lowest BCUT2D eigenvalue weighted by molar-refractivity contribution is 0.0545. The Morgan fingerprint density at radius 2 is 1.60 bits per heavy atom. The highest BCUT2D eigenvalue weighted by Gasteiger charge is 2.35. The fourth-order valence-corrected chi connectivity index (χ4v) is 2.66. The fraction of sp³-hybridized carbons (Fsp3) is 1.00. The van der Waals surface area contributed by atoms with Gasteiger partial charge in [0.2, 0.25) is 0 Å². The summed E-state index contributed by atoms with van der Waals surface area (Å²) in [5.74, 6) is 0. The molecule has 3 heteroatoms. The summed E-state index contributed by atoms with van der Waals surface area (Å²) in [4.78, 5) is 2.62. The number of aliphatic hydroxyl groups is 1. The Bertz CT molecular complexity index is 186. The minimum atomic E-state index is -0.0373. The molecule has 0 radical (unpaired) electrons. The van der Waals surface area contributed by atoms with E-state index in [9.17, 15) is 5.11 Å². The molecule has 1 N–H and O–H groups in total. The lowest BCUT2D eigenvalue weighted by Gasteiger charge is -2.35. The minimum absolute atomic E-state index is 0.0373. The van der Waals surface area contributed by atoms with Crippen LogP contribution in [0.4, 0.5) is 0 Å². The van der Waals surface area contributed by atoms with Crippen molar-refractivity contribution in [1.82, 2.24) is 4.90 Å². The van der Waals surface area contributed by atoms with Crippen LogP contribution < -0.4 is 0 Å². The van der Waals surface area contributed by atoms with Crippen molar-refractivity contribution in [3.8, 4) is 0 Å². The third kappa shape index (κ3) is 3.16. The molecule has 0 heterocycles. The van der Waals surface area contributed by atoms with Crippen molar-refractivity contribution in [2.75, 3.05) is 20.3 Å². The fourth-order valence-electron chi connectivity index (χ4n) is 2.66. The molecule has 0 saturated heterocycles. The molecule has 0 bridgehead atoms.